The SMILES string of the molecule is Cc1ccc(-c2csc3ncn(CC(=O)N(C)Cc4ccsc4)c(=O)c23)s1. The Morgan fingerprint density at radius 2 is 2.11 bits per heavy atom. The molecule has 0 aromatic carbocycles. The minimum absolute atomic E-state index is 0.0127. The summed E-state index contributed by atoms with van der Waals surface area (Å²) >= 11 is 4.71. The summed E-state index contributed by atoms with van der Waals surface area (Å²) in [6.45, 7) is 2.56. The number of nitrogens with zero attached hydrogens (tertiary/aromatic N) is 3. The molecular weight excluding hydrogens is 398 g/mol. The van der Waals surface area contributed by atoms with Gasteiger partial charge in [0.15, 0.2) is 0 Å². The number of rotatable bonds is 5. The molecule has 1 amide bonds. The smallest absolute Gasteiger partial charge is 0.263 e. The molecule has 0 saturated carbocycles. The van der Waals surface area contributed by atoms with E-state index in [4.69, 9.17) is 0 Å². The fourth-order valence-corrected chi connectivity index (χ4v) is 5.37. The highest BCUT2D eigenvalue weighted by molar-refractivity contribution is 7.19. The zero-order chi connectivity index (χ0) is 19.0. The monoisotopic (exact) mass is 415 g/mol. The molecule has 4 rings (SSSR count). The molecule has 0 bridgehead atoms. The molecule has 0 unspecified atom stereocenters. The molecule has 0 fully saturated rings. The first-order valence-electron chi connectivity index (χ1n) is 8.31. The average molecular weight is 416 g/mol. The van der Waals surface area contributed by atoms with Gasteiger partial charge in [0.2, 0.25) is 5.91 Å². The van der Waals surface area contributed by atoms with Crippen LogP contribution in [-0.4, -0.2) is 27.4 Å². The number of carbonyl (C=O) groups is 1. The van der Waals surface area contributed by atoms with Crippen LogP contribution in [0.15, 0.2) is 45.5 Å². The number of hydrogen-bond donors (Lipinski definition) is 0. The zero-order valence-electron chi connectivity index (χ0n) is 14.8. The second-order valence-electron chi connectivity index (χ2n) is 6.30. The van der Waals surface area contributed by atoms with Crippen molar-refractivity contribution >= 4 is 50.1 Å². The van der Waals surface area contributed by atoms with E-state index < -0.39 is 0 Å². The van der Waals surface area contributed by atoms with Crippen LogP contribution < -0.4 is 5.56 Å². The average Bonchev–Trinajstić information content (AvgIpc) is 3.37. The Labute approximate surface area is 168 Å². The van der Waals surface area contributed by atoms with Crippen molar-refractivity contribution in [3.05, 3.63) is 61.5 Å². The third kappa shape index (κ3) is 3.60. The van der Waals surface area contributed by atoms with E-state index in [1.165, 1.54) is 27.1 Å². The molecule has 27 heavy (non-hydrogen) atoms. The number of thiophene rings is 3. The molecule has 0 N–H and O–H groups in total. The van der Waals surface area contributed by atoms with E-state index in [0.29, 0.717) is 16.8 Å². The molecule has 0 radical (unpaired) electrons. The fourth-order valence-electron chi connectivity index (χ4n) is 2.85. The molecule has 138 valence electrons. The lowest BCUT2D eigenvalue weighted by Crippen LogP contribution is -2.33. The van der Waals surface area contributed by atoms with Crippen LogP contribution >= 0.6 is 34.0 Å². The summed E-state index contributed by atoms with van der Waals surface area (Å²) in [7, 11) is 1.75. The van der Waals surface area contributed by atoms with Crippen LogP contribution in [0.1, 0.15) is 10.4 Å². The molecule has 4 aromatic rings. The summed E-state index contributed by atoms with van der Waals surface area (Å²) in [6.07, 6.45) is 1.47. The Hall–Kier alpha value is -2.29. The number of amides is 1. The van der Waals surface area contributed by atoms with Gasteiger partial charge in [0.05, 0.1) is 11.7 Å². The lowest BCUT2D eigenvalue weighted by atomic mass is 10.2. The Balaban J connectivity index is 1.63. The molecular formula is C19H17N3O2S3. The molecule has 0 saturated heterocycles. The molecule has 0 aliphatic carbocycles. The van der Waals surface area contributed by atoms with Gasteiger partial charge in [-0.1, -0.05) is 0 Å². The van der Waals surface area contributed by atoms with E-state index in [0.717, 1.165) is 16.0 Å². The first-order valence-corrected chi connectivity index (χ1v) is 11.0. The van der Waals surface area contributed by atoms with Crippen molar-refractivity contribution in [3.8, 4) is 10.4 Å². The van der Waals surface area contributed by atoms with Crippen molar-refractivity contribution in [2.75, 3.05) is 7.05 Å². The topological polar surface area (TPSA) is 55.2 Å². The highest BCUT2D eigenvalue weighted by atomic mass is 32.1. The maximum absolute atomic E-state index is 13.0. The minimum atomic E-state index is -0.167. The normalized spacial score (nSPS) is 11.2. The van der Waals surface area contributed by atoms with Crippen LogP contribution in [0.2, 0.25) is 0 Å². The lowest BCUT2D eigenvalue weighted by Gasteiger charge is -2.17. The maximum atomic E-state index is 13.0. The van der Waals surface area contributed by atoms with Crippen molar-refractivity contribution in [2.45, 2.75) is 20.0 Å². The van der Waals surface area contributed by atoms with Crippen LogP contribution in [0.3, 0.4) is 0 Å². The van der Waals surface area contributed by atoms with Crippen LogP contribution in [-0.2, 0) is 17.9 Å². The van der Waals surface area contributed by atoms with Gasteiger partial charge in [-0.3, -0.25) is 14.2 Å². The van der Waals surface area contributed by atoms with Crippen LogP contribution in [0.4, 0.5) is 0 Å². The first kappa shape index (κ1) is 18.1. The number of likely N-dealkylation sites (N-methyl/N-ethyl adjacent to an activating group) is 1. The van der Waals surface area contributed by atoms with Gasteiger partial charge >= 0.3 is 0 Å². The molecule has 8 heteroatoms. The number of aromatic nitrogens is 2. The van der Waals surface area contributed by atoms with Gasteiger partial charge in [-0.15, -0.1) is 22.7 Å². The summed E-state index contributed by atoms with van der Waals surface area (Å²) in [5.74, 6) is -0.117. The molecule has 4 aromatic heterocycles. The predicted octanol–water partition coefficient (Wildman–Crippen LogP) is 4.22. The number of carbonyl (C=O) groups excluding carboxylic acids is 1. The summed E-state index contributed by atoms with van der Waals surface area (Å²) in [5.41, 5.74) is 1.82. The van der Waals surface area contributed by atoms with E-state index in [9.17, 15) is 9.59 Å². The molecule has 0 atom stereocenters. The Bertz CT molecular complexity index is 1150. The number of fused-ring (bicyclic) bond motifs is 1. The zero-order valence-corrected chi connectivity index (χ0v) is 17.3. The summed E-state index contributed by atoms with van der Waals surface area (Å²) in [4.78, 5) is 34.6. The highest BCUT2D eigenvalue weighted by Gasteiger charge is 2.17. The number of hydrogen-bond acceptors (Lipinski definition) is 6. The Kier molecular flexibility index (Phi) is 4.94. The summed E-state index contributed by atoms with van der Waals surface area (Å²) in [5, 5.41) is 6.57. The van der Waals surface area contributed by atoms with E-state index in [1.807, 2.05) is 41.3 Å². The van der Waals surface area contributed by atoms with Crippen molar-refractivity contribution in [1.82, 2.24) is 14.5 Å². The maximum Gasteiger partial charge on any atom is 0.263 e. The molecule has 5 nitrogen and oxygen atoms in total. The Morgan fingerprint density at radius 3 is 2.81 bits per heavy atom. The lowest BCUT2D eigenvalue weighted by molar-refractivity contribution is -0.131. The second-order valence-corrected chi connectivity index (χ2v) is 9.22. The van der Waals surface area contributed by atoms with Gasteiger partial charge in [0, 0.05) is 34.3 Å². The predicted molar refractivity (Wildman–Crippen MR) is 113 cm³/mol. The van der Waals surface area contributed by atoms with Crippen molar-refractivity contribution in [3.63, 3.8) is 0 Å². The molecule has 0 aliphatic heterocycles. The van der Waals surface area contributed by atoms with Crippen LogP contribution in [0, 0.1) is 6.92 Å². The quantitative estimate of drug-likeness (QED) is 0.490. The third-order valence-electron chi connectivity index (χ3n) is 4.30. The van der Waals surface area contributed by atoms with Gasteiger partial charge in [-0.05, 0) is 41.4 Å². The summed E-state index contributed by atoms with van der Waals surface area (Å²) in [6, 6.07) is 6.06. The first-order chi connectivity index (χ1) is 13.0. The standard InChI is InChI=1S/C19H17N3O2S3/c1-12-3-4-15(27-12)14-10-26-18-17(14)19(24)22(11-20-18)8-16(23)21(2)7-13-5-6-25-9-13/h3-6,9-11H,7-8H2,1-2H3. The minimum Gasteiger partial charge on any atom is -0.340 e. The van der Waals surface area contributed by atoms with Crippen molar-refractivity contribution in [1.29, 1.82) is 0 Å². The van der Waals surface area contributed by atoms with E-state index in [2.05, 4.69) is 4.98 Å². The van der Waals surface area contributed by atoms with Gasteiger partial charge in [0.25, 0.3) is 5.56 Å². The van der Waals surface area contributed by atoms with Gasteiger partial charge in [-0.2, -0.15) is 11.3 Å². The Morgan fingerprint density at radius 1 is 1.26 bits per heavy atom. The summed E-state index contributed by atoms with van der Waals surface area (Å²) < 4.78 is 1.41. The van der Waals surface area contributed by atoms with Gasteiger partial charge < -0.3 is 4.90 Å². The molecule has 0 spiro atoms. The van der Waals surface area contributed by atoms with Crippen molar-refractivity contribution < 1.29 is 4.79 Å². The van der Waals surface area contributed by atoms with Crippen LogP contribution in [0.25, 0.3) is 20.7 Å². The third-order valence-corrected chi connectivity index (χ3v) is 6.95. The largest absolute Gasteiger partial charge is 0.340 e. The van der Waals surface area contributed by atoms with Crippen molar-refractivity contribution in [2.24, 2.45) is 0 Å². The van der Waals surface area contributed by atoms with E-state index >= 15 is 0 Å². The molecule has 4 heterocycles. The van der Waals surface area contributed by atoms with E-state index in [1.54, 1.807) is 34.6 Å². The number of aryl methyl sites for hydroxylation is 1. The molecule has 0 aliphatic rings. The fraction of sp³-hybridized carbons (Fsp3) is 0.211. The highest BCUT2D eigenvalue weighted by Crippen LogP contribution is 2.34. The second kappa shape index (κ2) is 7.38. The van der Waals surface area contributed by atoms with E-state index in [-0.39, 0.29) is 18.0 Å². The van der Waals surface area contributed by atoms with Gasteiger partial charge in [0.1, 0.15) is 11.4 Å². The van der Waals surface area contributed by atoms with Gasteiger partial charge in [-0.25, -0.2) is 4.98 Å². The van der Waals surface area contributed by atoms with Crippen LogP contribution in [0.5, 0.6) is 0 Å².